The smallest absolute Gasteiger partial charge is 0.0398 e. The van der Waals surface area contributed by atoms with Gasteiger partial charge in [-0.05, 0) is 27.7 Å². The first-order chi connectivity index (χ1) is 5.58. The summed E-state index contributed by atoms with van der Waals surface area (Å²) in [7, 11) is 0. The van der Waals surface area contributed by atoms with Crippen molar-refractivity contribution in [3.05, 3.63) is 46.6 Å². The van der Waals surface area contributed by atoms with Gasteiger partial charge in [0.05, 0.1) is 0 Å². The molecule has 0 N–H and O–H groups in total. The van der Waals surface area contributed by atoms with Gasteiger partial charge in [-0.3, -0.25) is 0 Å². The molecular weight excluding hydrogens is 144 g/mol. The summed E-state index contributed by atoms with van der Waals surface area (Å²) < 4.78 is 0. The molecular formula is C12H16. The van der Waals surface area contributed by atoms with Crippen LogP contribution in [0.25, 0.3) is 0 Å². The molecule has 0 amide bonds. The zero-order chi connectivity index (χ0) is 9.14. The van der Waals surface area contributed by atoms with Crippen molar-refractivity contribution in [2.45, 2.75) is 27.7 Å². The number of hydrogen-bond donors (Lipinski definition) is 0. The highest BCUT2D eigenvalue weighted by Gasteiger charge is 1.94. The van der Waals surface area contributed by atoms with Crippen molar-refractivity contribution in [3.8, 4) is 0 Å². The standard InChI is InChI=1S/C12H16/c1-9-5-10(2)7-12(4)8-11(3)6-9/h5-8H,1-4H3. The van der Waals surface area contributed by atoms with Crippen molar-refractivity contribution < 1.29 is 0 Å². The number of hydrogen-bond acceptors (Lipinski definition) is 0. The molecule has 0 atom stereocenters. The van der Waals surface area contributed by atoms with Crippen LogP contribution in [-0.2, 0) is 0 Å². The minimum absolute atomic E-state index is 1.32. The lowest BCUT2D eigenvalue weighted by Crippen LogP contribution is -1.82. The molecule has 1 aliphatic carbocycles. The zero-order valence-electron chi connectivity index (χ0n) is 8.31. The first-order valence-electron chi connectivity index (χ1n) is 4.31. The van der Waals surface area contributed by atoms with E-state index in [0.717, 1.165) is 0 Å². The van der Waals surface area contributed by atoms with E-state index >= 15 is 0 Å². The first kappa shape index (κ1) is 9.05. The highest BCUT2D eigenvalue weighted by molar-refractivity contribution is 5.41. The summed E-state index contributed by atoms with van der Waals surface area (Å²) in [4.78, 5) is 0. The van der Waals surface area contributed by atoms with E-state index in [4.69, 9.17) is 0 Å². The lowest BCUT2D eigenvalue weighted by atomic mass is 10.0. The monoisotopic (exact) mass is 160 g/mol. The Hall–Kier alpha value is -1.04. The minimum atomic E-state index is 1.32. The van der Waals surface area contributed by atoms with E-state index in [-0.39, 0.29) is 0 Å². The molecule has 0 saturated heterocycles. The van der Waals surface area contributed by atoms with Crippen molar-refractivity contribution in [2.75, 3.05) is 0 Å². The third-order valence-electron chi connectivity index (χ3n) is 1.82. The summed E-state index contributed by atoms with van der Waals surface area (Å²) >= 11 is 0. The van der Waals surface area contributed by atoms with Crippen molar-refractivity contribution in [2.24, 2.45) is 0 Å². The van der Waals surface area contributed by atoms with Crippen LogP contribution in [0.15, 0.2) is 46.6 Å². The Morgan fingerprint density at radius 1 is 0.500 bits per heavy atom. The van der Waals surface area contributed by atoms with Gasteiger partial charge in [0.15, 0.2) is 0 Å². The van der Waals surface area contributed by atoms with Gasteiger partial charge in [0, 0.05) is 0 Å². The molecule has 1 aliphatic rings. The van der Waals surface area contributed by atoms with Crippen LogP contribution in [0, 0.1) is 0 Å². The summed E-state index contributed by atoms with van der Waals surface area (Å²) in [6.07, 6.45) is 8.83. The van der Waals surface area contributed by atoms with Gasteiger partial charge in [-0.15, -0.1) is 0 Å². The Morgan fingerprint density at radius 3 is 0.833 bits per heavy atom. The van der Waals surface area contributed by atoms with E-state index in [2.05, 4.69) is 52.0 Å². The second kappa shape index (κ2) is 3.57. The summed E-state index contributed by atoms with van der Waals surface area (Å²) in [6, 6.07) is 0. The third-order valence-corrected chi connectivity index (χ3v) is 1.82. The Labute approximate surface area is 75.0 Å². The van der Waals surface area contributed by atoms with Gasteiger partial charge in [0.1, 0.15) is 0 Å². The Balaban J connectivity index is 3.09. The molecule has 0 spiro atoms. The Morgan fingerprint density at radius 2 is 0.667 bits per heavy atom. The lowest BCUT2D eigenvalue weighted by Gasteiger charge is -2.03. The maximum absolute atomic E-state index is 2.21. The second-order valence-electron chi connectivity index (χ2n) is 3.55. The average molecular weight is 160 g/mol. The van der Waals surface area contributed by atoms with Crippen molar-refractivity contribution >= 4 is 0 Å². The quantitative estimate of drug-likeness (QED) is 0.506. The first-order valence-corrected chi connectivity index (χ1v) is 4.31. The van der Waals surface area contributed by atoms with Gasteiger partial charge in [0.2, 0.25) is 0 Å². The molecule has 0 aromatic heterocycles. The van der Waals surface area contributed by atoms with Crippen LogP contribution in [0.3, 0.4) is 0 Å². The highest BCUT2D eigenvalue weighted by atomic mass is 14.0. The minimum Gasteiger partial charge on any atom is -0.0564 e. The van der Waals surface area contributed by atoms with Crippen LogP contribution >= 0.6 is 0 Å². The fraction of sp³-hybridized carbons (Fsp3) is 0.333. The van der Waals surface area contributed by atoms with Gasteiger partial charge >= 0.3 is 0 Å². The molecule has 64 valence electrons. The van der Waals surface area contributed by atoms with E-state index in [1.165, 1.54) is 22.3 Å². The second-order valence-corrected chi connectivity index (χ2v) is 3.55. The maximum atomic E-state index is 2.21. The van der Waals surface area contributed by atoms with Crippen molar-refractivity contribution in [1.29, 1.82) is 0 Å². The summed E-state index contributed by atoms with van der Waals surface area (Å²) in [5.41, 5.74) is 5.30. The van der Waals surface area contributed by atoms with Gasteiger partial charge < -0.3 is 0 Å². The largest absolute Gasteiger partial charge is 0.0564 e. The van der Waals surface area contributed by atoms with Gasteiger partial charge in [-0.2, -0.15) is 0 Å². The van der Waals surface area contributed by atoms with Gasteiger partial charge in [-0.1, -0.05) is 46.6 Å². The highest BCUT2D eigenvalue weighted by Crippen LogP contribution is 2.14. The molecule has 0 heterocycles. The average Bonchev–Trinajstić information content (AvgIpc) is 1.81. The molecule has 0 radical (unpaired) electrons. The SMILES string of the molecule is CC1=CC(C)=CC(C)=CC(C)=C1. The Kier molecular flexibility index (Phi) is 2.69. The van der Waals surface area contributed by atoms with E-state index in [1.54, 1.807) is 0 Å². The van der Waals surface area contributed by atoms with Gasteiger partial charge in [0.25, 0.3) is 0 Å². The predicted molar refractivity (Wildman–Crippen MR) is 55.0 cm³/mol. The fourth-order valence-corrected chi connectivity index (χ4v) is 1.60. The molecule has 0 aromatic carbocycles. The predicted octanol–water partition coefficient (Wildman–Crippen LogP) is 3.79. The molecule has 12 heavy (non-hydrogen) atoms. The molecule has 1 rings (SSSR count). The molecule has 0 aliphatic heterocycles. The van der Waals surface area contributed by atoms with Crippen LogP contribution in [0.4, 0.5) is 0 Å². The molecule has 0 saturated carbocycles. The molecule has 0 nitrogen and oxygen atoms in total. The van der Waals surface area contributed by atoms with Crippen LogP contribution < -0.4 is 0 Å². The number of rotatable bonds is 0. The third kappa shape index (κ3) is 2.54. The van der Waals surface area contributed by atoms with E-state index < -0.39 is 0 Å². The van der Waals surface area contributed by atoms with Crippen molar-refractivity contribution in [3.63, 3.8) is 0 Å². The lowest BCUT2D eigenvalue weighted by molar-refractivity contribution is 1.33. The summed E-state index contributed by atoms with van der Waals surface area (Å²) in [5.74, 6) is 0. The molecule has 0 unspecified atom stereocenters. The molecule has 0 bridgehead atoms. The van der Waals surface area contributed by atoms with E-state index in [9.17, 15) is 0 Å². The van der Waals surface area contributed by atoms with E-state index in [1.807, 2.05) is 0 Å². The Bertz CT molecular complexity index is 221. The summed E-state index contributed by atoms with van der Waals surface area (Å²) in [6.45, 7) is 8.54. The van der Waals surface area contributed by atoms with E-state index in [0.29, 0.717) is 0 Å². The normalized spacial score (nSPS) is 18.3. The van der Waals surface area contributed by atoms with Crippen LogP contribution in [0.1, 0.15) is 27.7 Å². The molecule has 0 heteroatoms. The van der Waals surface area contributed by atoms with Crippen molar-refractivity contribution in [1.82, 2.24) is 0 Å². The van der Waals surface area contributed by atoms with Crippen LogP contribution in [0.2, 0.25) is 0 Å². The van der Waals surface area contributed by atoms with Gasteiger partial charge in [-0.25, -0.2) is 0 Å². The van der Waals surface area contributed by atoms with Crippen LogP contribution in [-0.4, -0.2) is 0 Å². The maximum Gasteiger partial charge on any atom is -0.0398 e. The fourth-order valence-electron chi connectivity index (χ4n) is 1.60. The summed E-state index contributed by atoms with van der Waals surface area (Å²) in [5, 5.41) is 0. The molecule has 0 fully saturated rings. The zero-order valence-corrected chi connectivity index (χ0v) is 8.31. The molecule has 0 aromatic rings. The number of allylic oxidation sites excluding steroid dienone is 8. The topological polar surface area (TPSA) is 0 Å². The van der Waals surface area contributed by atoms with Crippen LogP contribution in [0.5, 0.6) is 0 Å².